The van der Waals surface area contributed by atoms with Crippen molar-refractivity contribution in [1.29, 1.82) is 0 Å². The van der Waals surface area contributed by atoms with Gasteiger partial charge in [0.25, 0.3) is 5.91 Å². The first-order chi connectivity index (χ1) is 13.0. The lowest BCUT2D eigenvalue weighted by atomic mass is 10.1. The molecule has 2 aromatic carbocycles. The van der Waals surface area contributed by atoms with Crippen molar-refractivity contribution in [2.75, 3.05) is 26.1 Å². The third kappa shape index (κ3) is 2.80. The number of carbonyl (C=O) groups is 1. The van der Waals surface area contributed by atoms with Gasteiger partial charge in [-0.05, 0) is 24.3 Å². The Kier molecular flexibility index (Phi) is 4.06. The molecule has 2 heterocycles. The van der Waals surface area contributed by atoms with E-state index in [1.165, 1.54) is 20.3 Å². The Bertz CT molecular complexity index is 1120. The highest BCUT2D eigenvalue weighted by Crippen LogP contribution is 2.36. The minimum absolute atomic E-state index is 0.205. The van der Waals surface area contributed by atoms with Crippen molar-refractivity contribution in [3.63, 3.8) is 0 Å². The van der Waals surface area contributed by atoms with Gasteiger partial charge in [-0.15, -0.1) is 0 Å². The molecule has 8 nitrogen and oxygen atoms in total. The smallest absolute Gasteiger partial charge is 0.280 e. The molecule has 0 radical (unpaired) electrons. The number of ether oxygens (including phenoxy) is 2. The molecule has 0 fully saturated rings. The van der Waals surface area contributed by atoms with Crippen molar-refractivity contribution in [2.45, 2.75) is 0 Å². The van der Waals surface area contributed by atoms with E-state index in [1.807, 2.05) is 0 Å². The second-order valence-electron chi connectivity index (χ2n) is 6.06. The Balaban J connectivity index is 1.91. The van der Waals surface area contributed by atoms with Crippen LogP contribution in [0, 0.1) is 5.21 Å². The number of nitrogens with one attached hydrogen (secondary N) is 2. The maximum Gasteiger partial charge on any atom is 0.280 e. The molecule has 4 rings (SSSR count). The third-order valence-electron chi connectivity index (χ3n) is 4.44. The lowest BCUT2D eigenvalue weighted by molar-refractivity contribution is -0.766. The van der Waals surface area contributed by atoms with Gasteiger partial charge in [0, 0.05) is 17.7 Å². The van der Waals surface area contributed by atoms with E-state index in [0.29, 0.717) is 33.8 Å². The molecule has 1 aliphatic rings. The number of amides is 1. The predicted molar refractivity (Wildman–Crippen MR) is 98.5 cm³/mol. The van der Waals surface area contributed by atoms with Gasteiger partial charge in [-0.25, -0.2) is 0 Å². The van der Waals surface area contributed by atoms with Gasteiger partial charge in [-0.1, -0.05) is 0 Å². The van der Waals surface area contributed by atoms with Crippen LogP contribution in [0.25, 0.3) is 22.3 Å². The third-order valence-corrected chi connectivity index (χ3v) is 4.44. The topological polar surface area (TPSA) is 105 Å². The predicted octanol–water partition coefficient (Wildman–Crippen LogP) is 1.44. The molecule has 3 aromatic rings. The van der Waals surface area contributed by atoms with Gasteiger partial charge in [0.1, 0.15) is 11.4 Å². The van der Waals surface area contributed by atoms with Crippen molar-refractivity contribution in [2.24, 2.45) is 0 Å². The number of benzene rings is 2. The minimum Gasteiger partial charge on any atom is -0.628 e. The zero-order valence-electron chi connectivity index (χ0n) is 14.6. The van der Waals surface area contributed by atoms with Crippen molar-refractivity contribution in [3.8, 4) is 22.8 Å². The first-order valence-corrected chi connectivity index (χ1v) is 8.18. The standard InChI is InChI=1S/C19H16N2O6/c1-25-15-6-4-11-14(22)8-16(27-18(11)19(15)26-2)10-3-5-12-13(7-10)21(24)9-17(23)20-12/h3-8,21H,9H2,1-2H3,(H,20,23). The first-order valence-electron chi connectivity index (χ1n) is 8.18. The molecule has 1 aliphatic heterocycles. The molecule has 138 valence electrons. The molecule has 0 saturated carbocycles. The van der Waals surface area contributed by atoms with Gasteiger partial charge in [-0.2, -0.15) is 0 Å². The number of carbonyl (C=O) groups excluding carboxylic acids is 1. The van der Waals surface area contributed by atoms with Crippen LogP contribution in [0.15, 0.2) is 45.6 Å². The van der Waals surface area contributed by atoms with Crippen LogP contribution in [0.3, 0.4) is 0 Å². The summed E-state index contributed by atoms with van der Waals surface area (Å²) in [5.41, 5.74) is 1.39. The summed E-state index contributed by atoms with van der Waals surface area (Å²) in [6.07, 6.45) is 0. The van der Waals surface area contributed by atoms with Crippen LogP contribution >= 0.6 is 0 Å². The highest BCUT2D eigenvalue weighted by atomic mass is 16.5. The number of hydrogen-bond acceptors (Lipinski definition) is 6. The summed E-state index contributed by atoms with van der Waals surface area (Å²) in [5.74, 6) is 0.699. The molecule has 1 atom stereocenters. The van der Waals surface area contributed by atoms with Gasteiger partial charge < -0.3 is 29.5 Å². The van der Waals surface area contributed by atoms with E-state index < -0.39 is 0 Å². The van der Waals surface area contributed by atoms with Crippen molar-refractivity contribution in [1.82, 2.24) is 0 Å². The molecule has 0 aliphatic carbocycles. The monoisotopic (exact) mass is 368 g/mol. The average molecular weight is 368 g/mol. The van der Waals surface area contributed by atoms with Gasteiger partial charge in [0.2, 0.25) is 5.75 Å². The second-order valence-corrected chi connectivity index (χ2v) is 6.06. The zero-order chi connectivity index (χ0) is 19.1. The van der Waals surface area contributed by atoms with E-state index in [0.717, 1.165) is 0 Å². The first kappa shape index (κ1) is 17.1. The van der Waals surface area contributed by atoms with Crippen LogP contribution in [0.5, 0.6) is 11.5 Å². The van der Waals surface area contributed by atoms with E-state index in [-0.39, 0.29) is 34.3 Å². The van der Waals surface area contributed by atoms with E-state index in [4.69, 9.17) is 13.9 Å². The van der Waals surface area contributed by atoms with E-state index >= 15 is 0 Å². The summed E-state index contributed by atoms with van der Waals surface area (Å²) >= 11 is 0. The van der Waals surface area contributed by atoms with Gasteiger partial charge in [-0.3, -0.25) is 9.59 Å². The van der Waals surface area contributed by atoms with Gasteiger partial charge in [0.05, 0.1) is 19.6 Å². The SMILES string of the molecule is COc1ccc2c(=O)cc(-c3ccc4c(c3)[NH+]([O-])CC(=O)N4)oc2c1OC. The molecule has 0 spiro atoms. The fraction of sp³-hybridized carbons (Fsp3) is 0.158. The Hall–Kier alpha value is -3.36. The zero-order valence-corrected chi connectivity index (χ0v) is 14.6. The summed E-state index contributed by atoms with van der Waals surface area (Å²) in [5, 5.41) is 14.9. The molecule has 1 unspecified atom stereocenters. The van der Waals surface area contributed by atoms with Crippen molar-refractivity contribution < 1.29 is 23.7 Å². The van der Waals surface area contributed by atoms with Crippen LogP contribution in [-0.2, 0) is 4.79 Å². The maximum absolute atomic E-state index is 12.6. The average Bonchev–Trinajstić information content (AvgIpc) is 2.66. The largest absolute Gasteiger partial charge is 0.628 e. The number of fused-ring (bicyclic) bond motifs is 2. The molecule has 0 saturated heterocycles. The molecule has 0 bridgehead atoms. The van der Waals surface area contributed by atoms with E-state index in [1.54, 1.807) is 30.3 Å². The number of hydroxylamine groups is 1. The Morgan fingerprint density at radius 2 is 1.93 bits per heavy atom. The number of anilines is 1. The van der Waals surface area contributed by atoms with E-state index in [2.05, 4.69) is 5.32 Å². The Morgan fingerprint density at radius 3 is 2.67 bits per heavy atom. The maximum atomic E-state index is 12.6. The lowest BCUT2D eigenvalue weighted by Gasteiger charge is -2.28. The summed E-state index contributed by atoms with van der Waals surface area (Å²) in [6.45, 7) is -0.205. The van der Waals surface area contributed by atoms with Crippen molar-refractivity contribution in [3.05, 3.63) is 51.8 Å². The number of methoxy groups -OCH3 is 2. The van der Waals surface area contributed by atoms with Gasteiger partial charge in [0.15, 0.2) is 29.0 Å². The fourth-order valence-corrected chi connectivity index (χ4v) is 3.15. The summed E-state index contributed by atoms with van der Waals surface area (Å²) in [7, 11) is 2.96. The highest BCUT2D eigenvalue weighted by Gasteiger charge is 2.23. The van der Waals surface area contributed by atoms with Crippen molar-refractivity contribution >= 4 is 28.3 Å². The van der Waals surface area contributed by atoms with Crippen LogP contribution in [-0.4, -0.2) is 26.7 Å². The van der Waals surface area contributed by atoms with E-state index in [9.17, 15) is 14.8 Å². The highest BCUT2D eigenvalue weighted by molar-refractivity contribution is 5.96. The van der Waals surface area contributed by atoms with Crippen LogP contribution in [0.1, 0.15) is 0 Å². The number of rotatable bonds is 3. The Morgan fingerprint density at radius 1 is 1.11 bits per heavy atom. The minimum atomic E-state index is -0.339. The lowest BCUT2D eigenvalue weighted by Crippen LogP contribution is -3.04. The molecule has 2 N–H and O–H groups in total. The molecular formula is C19H16N2O6. The summed E-state index contributed by atoms with van der Waals surface area (Å²) < 4.78 is 16.5. The van der Waals surface area contributed by atoms with Crippen LogP contribution in [0.4, 0.5) is 11.4 Å². The molecule has 1 aromatic heterocycles. The summed E-state index contributed by atoms with van der Waals surface area (Å²) in [6, 6.07) is 9.51. The Labute approximate surface area is 153 Å². The number of quaternary nitrogens is 1. The normalized spacial score (nSPS) is 16.0. The molecular weight excluding hydrogens is 352 g/mol. The second kappa shape index (κ2) is 6.42. The quantitative estimate of drug-likeness (QED) is 0.678. The van der Waals surface area contributed by atoms with Gasteiger partial charge >= 0.3 is 0 Å². The van der Waals surface area contributed by atoms with Crippen LogP contribution in [0.2, 0.25) is 0 Å². The molecule has 27 heavy (non-hydrogen) atoms. The van der Waals surface area contributed by atoms with Crippen LogP contribution < -0.4 is 25.3 Å². The molecule has 1 amide bonds. The fourth-order valence-electron chi connectivity index (χ4n) is 3.15. The molecule has 8 heteroatoms. The summed E-state index contributed by atoms with van der Waals surface area (Å²) in [4.78, 5) is 24.1. The number of hydrogen-bond donors (Lipinski definition) is 2.